The van der Waals surface area contributed by atoms with Crippen molar-refractivity contribution in [1.82, 2.24) is 4.98 Å². The fourth-order valence-corrected chi connectivity index (χ4v) is 3.57. The fraction of sp³-hybridized carbons (Fsp3) is 0.471. The van der Waals surface area contributed by atoms with Crippen molar-refractivity contribution in [1.29, 1.82) is 0 Å². The topological polar surface area (TPSA) is 22.1 Å². The molecule has 0 spiro atoms. The standard InChI is InChI=1S/C17H24FNOSi/c1-12(20-21(5,6)17(2,3)4)15-10-14(18)9-13-7-8-19-11-16(13)15/h7-12H,1-6H3. The van der Waals surface area contributed by atoms with E-state index in [-0.39, 0.29) is 17.0 Å². The smallest absolute Gasteiger partial charge is 0.192 e. The fourth-order valence-electron chi connectivity index (χ4n) is 2.21. The lowest BCUT2D eigenvalue weighted by molar-refractivity contribution is 0.204. The quantitative estimate of drug-likeness (QED) is 0.703. The number of hydrogen-bond acceptors (Lipinski definition) is 2. The molecule has 0 aliphatic rings. The zero-order valence-electron chi connectivity index (χ0n) is 13.7. The molecule has 0 amide bonds. The number of rotatable bonds is 3. The summed E-state index contributed by atoms with van der Waals surface area (Å²) in [5.41, 5.74) is 0.878. The lowest BCUT2D eigenvalue weighted by atomic mass is 10.0. The van der Waals surface area contributed by atoms with E-state index in [2.05, 4.69) is 38.8 Å². The van der Waals surface area contributed by atoms with E-state index in [1.165, 1.54) is 0 Å². The van der Waals surface area contributed by atoms with Crippen LogP contribution in [-0.4, -0.2) is 13.3 Å². The van der Waals surface area contributed by atoms with Crippen LogP contribution >= 0.6 is 0 Å². The molecule has 0 N–H and O–H groups in total. The Morgan fingerprint density at radius 1 is 1.24 bits per heavy atom. The molecule has 2 rings (SSSR count). The first-order chi connectivity index (χ1) is 9.62. The highest BCUT2D eigenvalue weighted by atomic mass is 28.4. The van der Waals surface area contributed by atoms with E-state index < -0.39 is 8.32 Å². The van der Waals surface area contributed by atoms with Gasteiger partial charge in [-0.15, -0.1) is 0 Å². The van der Waals surface area contributed by atoms with Crippen molar-refractivity contribution < 1.29 is 8.82 Å². The highest BCUT2D eigenvalue weighted by Crippen LogP contribution is 2.40. The van der Waals surface area contributed by atoms with E-state index in [0.717, 1.165) is 16.3 Å². The maximum atomic E-state index is 13.9. The van der Waals surface area contributed by atoms with Crippen molar-refractivity contribution in [2.45, 2.75) is 51.9 Å². The number of halogens is 1. The molecule has 0 saturated heterocycles. The molecule has 114 valence electrons. The number of benzene rings is 1. The van der Waals surface area contributed by atoms with Crippen molar-refractivity contribution in [2.75, 3.05) is 0 Å². The summed E-state index contributed by atoms with van der Waals surface area (Å²) in [6.07, 6.45) is 3.33. The van der Waals surface area contributed by atoms with Crippen molar-refractivity contribution >= 4 is 19.1 Å². The Hall–Kier alpha value is -1.26. The Bertz CT molecular complexity index is 649. The van der Waals surface area contributed by atoms with E-state index in [1.807, 2.05) is 13.0 Å². The molecule has 1 unspecified atom stereocenters. The van der Waals surface area contributed by atoms with E-state index in [4.69, 9.17) is 4.43 Å². The van der Waals surface area contributed by atoms with Crippen LogP contribution in [0, 0.1) is 5.82 Å². The number of hydrogen-bond donors (Lipinski definition) is 0. The average molecular weight is 305 g/mol. The molecule has 21 heavy (non-hydrogen) atoms. The van der Waals surface area contributed by atoms with Gasteiger partial charge in [0.2, 0.25) is 0 Å². The summed E-state index contributed by atoms with van der Waals surface area (Å²) in [6, 6.07) is 4.95. The molecule has 1 aromatic heterocycles. The first-order valence-electron chi connectivity index (χ1n) is 7.33. The maximum Gasteiger partial charge on any atom is 0.192 e. The third-order valence-corrected chi connectivity index (χ3v) is 9.02. The molecule has 1 aromatic carbocycles. The van der Waals surface area contributed by atoms with Gasteiger partial charge in [-0.05, 0) is 54.2 Å². The average Bonchev–Trinajstić information content (AvgIpc) is 2.35. The van der Waals surface area contributed by atoms with Crippen LogP contribution in [0.1, 0.15) is 39.4 Å². The summed E-state index contributed by atoms with van der Waals surface area (Å²) in [4.78, 5) is 4.16. The summed E-state index contributed by atoms with van der Waals surface area (Å²) in [7, 11) is -1.90. The largest absolute Gasteiger partial charge is 0.410 e. The second-order valence-electron chi connectivity index (χ2n) is 7.11. The molecule has 2 aromatic rings. The molecule has 1 atom stereocenters. The Kier molecular flexibility index (Phi) is 4.22. The summed E-state index contributed by atoms with van der Waals surface area (Å²) in [5, 5.41) is 1.96. The van der Waals surface area contributed by atoms with Crippen LogP contribution in [0.15, 0.2) is 30.6 Å². The SMILES string of the molecule is CC(O[Si](C)(C)C(C)(C)C)c1cc(F)cc2ccncc12. The van der Waals surface area contributed by atoms with Crippen LogP contribution in [0.25, 0.3) is 10.8 Å². The molecule has 0 aliphatic carbocycles. The van der Waals surface area contributed by atoms with Crippen LogP contribution in [0.4, 0.5) is 4.39 Å². The van der Waals surface area contributed by atoms with Crippen LogP contribution < -0.4 is 0 Å². The van der Waals surface area contributed by atoms with Gasteiger partial charge in [-0.25, -0.2) is 4.39 Å². The van der Waals surface area contributed by atoms with Gasteiger partial charge in [0.25, 0.3) is 0 Å². The third-order valence-electron chi connectivity index (χ3n) is 4.47. The summed E-state index contributed by atoms with van der Waals surface area (Å²) < 4.78 is 20.3. The van der Waals surface area contributed by atoms with Gasteiger partial charge < -0.3 is 4.43 Å². The highest BCUT2D eigenvalue weighted by molar-refractivity contribution is 6.74. The Balaban J connectivity index is 2.42. The van der Waals surface area contributed by atoms with Crippen LogP contribution in [-0.2, 0) is 4.43 Å². The Morgan fingerprint density at radius 2 is 1.90 bits per heavy atom. The summed E-state index contributed by atoms with van der Waals surface area (Å²) in [5.74, 6) is -0.227. The molecular formula is C17H24FNOSi. The molecule has 0 bridgehead atoms. The van der Waals surface area contributed by atoms with Crippen molar-refractivity contribution in [2.24, 2.45) is 0 Å². The number of nitrogens with zero attached hydrogens (tertiary/aromatic N) is 1. The number of fused-ring (bicyclic) bond motifs is 1. The third kappa shape index (κ3) is 3.32. The van der Waals surface area contributed by atoms with Crippen molar-refractivity contribution in [3.05, 3.63) is 42.0 Å². The van der Waals surface area contributed by atoms with E-state index in [1.54, 1.807) is 24.5 Å². The molecule has 2 nitrogen and oxygen atoms in total. The second-order valence-corrected chi connectivity index (χ2v) is 11.9. The first kappa shape index (κ1) is 16.1. The molecule has 4 heteroatoms. The van der Waals surface area contributed by atoms with Gasteiger partial charge in [0, 0.05) is 17.8 Å². The van der Waals surface area contributed by atoms with Crippen molar-refractivity contribution in [3.63, 3.8) is 0 Å². The summed E-state index contributed by atoms with van der Waals surface area (Å²) in [6.45, 7) is 13.0. The molecule has 0 radical (unpaired) electrons. The van der Waals surface area contributed by atoms with Gasteiger partial charge in [-0.2, -0.15) is 0 Å². The van der Waals surface area contributed by atoms with E-state index in [9.17, 15) is 4.39 Å². The monoisotopic (exact) mass is 305 g/mol. The zero-order chi connectivity index (χ0) is 15.8. The summed E-state index contributed by atoms with van der Waals surface area (Å²) >= 11 is 0. The van der Waals surface area contributed by atoms with E-state index >= 15 is 0 Å². The van der Waals surface area contributed by atoms with E-state index in [0.29, 0.717) is 0 Å². The predicted octanol–water partition coefficient (Wildman–Crippen LogP) is 5.46. The van der Waals surface area contributed by atoms with Crippen LogP contribution in [0.2, 0.25) is 18.1 Å². The number of pyridine rings is 1. The van der Waals surface area contributed by atoms with Gasteiger partial charge in [-0.1, -0.05) is 20.8 Å². The minimum absolute atomic E-state index is 0.128. The predicted molar refractivity (Wildman–Crippen MR) is 88.4 cm³/mol. The second kappa shape index (κ2) is 5.50. The molecule has 0 aliphatic heterocycles. The number of aromatic nitrogens is 1. The minimum atomic E-state index is -1.90. The maximum absolute atomic E-state index is 13.9. The Morgan fingerprint density at radius 3 is 2.52 bits per heavy atom. The van der Waals surface area contributed by atoms with Gasteiger partial charge in [0.1, 0.15) is 5.82 Å². The molecule has 0 saturated carbocycles. The lowest BCUT2D eigenvalue weighted by Crippen LogP contribution is -2.41. The van der Waals surface area contributed by atoms with Crippen LogP contribution in [0.3, 0.4) is 0 Å². The first-order valence-corrected chi connectivity index (χ1v) is 10.2. The van der Waals surface area contributed by atoms with Gasteiger partial charge in [0.05, 0.1) is 6.10 Å². The molecular weight excluding hydrogens is 281 g/mol. The van der Waals surface area contributed by atoms with Gasteiger partial charge in [-0.3, -0.25) is 4.98 Å². The van der Waals surface area contributed by atoms with Crippen LogP contribution in [0.5, 0.6) is 0 Å². The van der Waals surface area contributed by atoms with Crippen molar-refractivity contribution in [3.8, 4) is 0 Å². The highest BCUT2D eigenvalue weighted by Gasteiger charge is 2.38. The van der Waals surface area contributed by atoms with Gasteiger partial charge in [0.15, 0.2) is 8.32 Å². The molecule has 1 heterocycles. The molecule has 0 fully saturated rings. The Labute approximate surface area is 127 Å². The minimum Gasteiger partial charge on any atom is -0.410 e. The zero-order valence-corrected chi connectivity index (χ0v) is 14.7. The van der Waals surface area contributed by atoms with Gasteiger partial charge >= 0.3 is 0 Å². The lowest BCUT2D eigenvalue weighted by Gasteiger charge is -2.38. The normalized spacial score (nSPS) is 14.4.